The van der Waals surface area contributed by atoms with Gasteiger partial charge in [0, 0.05) is 23.3 Å². The molecular weight excluding hydrogens is 348 g/mol. The summed E-state index contributed by atoms with van der Waals surface area (Å²) in [4.78, 5) is 36.7. The first-order chi connectivity index (χ1) is 12.0. The molecule has 0 spiro atoms. The minimum absolute atomic E-state index is 0.237. The Hall–Kier alpha value is -3.39. The van der Waals surface area contributed by atoms with Crippen molar-refractivity contribution in [3.05, 3.63) is 63.4 Å². The second-order valence-corrected chi connectivity index (χ2v) is 5.79. The van der Waals surface area contributed by atoms with E-state index in [0.717, 1.165) is 10.8 Å². The molecule has 0 amide bonds. The van der Waals surface area contributed by atoms with Crippen LogP contribution in [0.3, 0.4) is 0 Å². The van der Waals surface area contributed by atoms with E-state index in [0.29, 0.717) is 32.7 Å². The molecule has 4 rings (SSSR count). The van der Waals surface area contributed by atoms with Crippen LogP contribution in [0.2, 0.25) is 5.02 Å². The summed E-state index contributed by atoms with van der Waals surface area (Å²) in [6, 6.07) is 6.23. The van der Waals surface area contributed by atoms with Crippen molar-refractivity contribution in [1.29, 1.82) is 0 Å². The Morgan fingerprint density at radius 1 is 1.32 bits per heavy atom. The second kappa shape index (κ2) is 5.32. The fourth-order valence-electron chi connectivity index (χ4n) is 2.71. The van der Waals surface area contributed by atoms with Gasteiger partial charge in [0.1, 0.15) is 0 Å². The van der Waals surface area contributed by atoms with Gasteiger partial charge >= 0.3 is 11.7 Å². The summed E-state index contributed by atoms with van der Waals surface area (Å²) in [6.45, 7) is 0. The zero-order valence-electron chi connectivity index (χ0n) is 12.4. The average Bonchev–Trinajstić information content (AvgIpc) is 3.22. The summed E-state index contributed by atoms with van der Waals surface area (Å²) in [5, 5.41) is 13.8. The molecule has 2 N–H and O–H groups in total. The predicted molar refractivity (Wildman–Crippen MR) is 90.0 cm³/mol. The Morgan fingerprint density at radius 2 is 2.12 bits per heavy atom. The number of carboxylic acids is 1. The number of hydrogen-bond donors (Lipinski definition) is 2. The maximum atomic E-state index is 12.1. The van der Waals surface area contributed by atoms with Crippen LogP contribution in [-0.4, -0.2) is 36.5 Å². The molecule has 1 aromatic carbocycles. The number of rotatable bonds is 3. The third-order valence-electron chi connectivity index (χ3n) is 3.86. The molecule has 3 heterocycles. The van der Waals surface area contributed by atoms with Gasteiger partial charge in [-0.15, -0.1) is 0 Å². The van der Waals surface area contributed by atoms with Gasteiger partial charge in [-0.05, 0) is 24.3 Å². The van der Waals surface area contributed by atoms with Gasteiger partial charge < -0.3 is 14.7 Å². The van der Waals surface area contributed by atoms with Gasteiger partial charge in [-0.2, -0.15) is 9.61 Å². The number of nitrogens with zero attached hydrogens (tertiary/aromatic N) is 3. The van der Waals surface area contributed by atoms with Crippen molar-refractivity contribution in [2.24, 2.45) is 0 Å². The van der Waals surface area contributed by atoms with Gasteiger partial charge in [0.15, 0.2) is 12.0 Å². The first-order valence-corrected chi connectivity index (χ1v) is 7.48. The number of carbonyl (C=O) groups excluding carboxylic acids is 1. The molecule has 0 saturated heterocycles. The number of nitrogens with one attached hydrogen (secondary N) is 1. The van der Waals surface area contributed by atoms with E-state index < -0.39 is 11.7 Å². The number of benzene rings is 1. The molecule has 0 radical (unpaired) electrons. The molecule has 4 aromatic rings. The molecule has 0 fully saturated rings. The Labute approximate surface area is 143 Å². The van der Waals surface area contributed by atoms with Crippen LogP contribution in [0.1, 0.15) is 20.8 Å². The first kappa shape index (κ1) is 15.2. The van der Waals surface area contributed by atoms with E-state index in [9.17, 15) is 14.4 Å². The van der Waals surface area contributed by atoms with Crippen molar-refractivity contribution in [3.8, 4) is 5.69 Å². The third kappa shape index (κ3) is 2.31. The van der Waals surface area contributed by atoms with E-state index in [4.69, 9.17) is 16.7 Å². The molecule has 0 aliphatic carbocycles. The van der Waals surface area contributed by atoms with Crippen molar-refractivity contribution in [1.82, 2.24) is 19.2 Å². The number of carboxylic acid groups (broad SMARTS) is 1. The average molecular weight is 357 g/mol. The molecule has 9 heteroatoms. The van der Waals surface area contributed by atoms with E-state index in [1.807, 2.05) is 0 Å². The topological polar surface area (TPSA) is 109 Å². The minimum atomic E-state index is -1.23. The lowest BCUT2D eigenvalue weighted by molar-refractivity contribution is 0.0690. The maximum Gasteiger partial charge on any atom is 0.356 e. The summed E-state index contributed by atoms with van der Waals surface area (Å²) in [5.41, 5.74) is 1.05. The number of H-pyrrole nitrogens is 1. The first-order valence-electron chi connectivity index (χ1n) is 7.10. The molecule has 124 valence electrons. The highest BCUT2D eigenvalue weighted by molar-refractivity contribution is 6.33. The largest absolute Gasteiger partial charge is 0.476 e. The van der Waals surface area contributed by atoms with Crippen LogP contribution in [0.4, 0.5) is 0 Å². The zero-order valence-corrected chi connectivity index (χ0v) is 13.2. The van der Waals surface area contributed by atoms with E-state index in [2.05, 4.69) is 10.1 Å². The smallest absolute Gasteiger partial charge is 0.356 e. The lowest BCUT2D eigenvalue weighted by atomic mass is 10.2. The number of aromatic carboxylic acids is 1. The predicted octanol–water partition coefficient (Wildman–Crippen LogP) is 2.13. The summed E-state index contributed by atoms with van der Waals surface area (Å²) in [5.74, 6) is -1.23. The van der Waals surface area contributed by atoms with Crippen LogP contribution in [0.25, 0.3) is 22.1 Å². The van der Waals surface area contributed by atoms with Crippen LogP contribution in [0, 0.1) is 0 Å². The fourth-order valence-corrected chi connectivity index (χ4v) is 2.97. The highest BCUT2D eigenvalue weighted by atomic mass is 35.5. The number of aldehydes is 1. The minimum Gasteiger partial charge on any atom is -0.476 e. The number of fused-ring (bicyclic) bond motifs is 3. The highest BCUT2D eigenvalue weighted by Gasteiger charge is 2.15. The standard InChI is InChI=1S/C16H9ClN4O4/c17-10-4-11-9(3-14(10)20-2-1-8(6-20)7-22)13-5-12(15(23)24)19-21(13)16(25)18-11/h1-7H,(H,18,25)(H,23,24). The van der Waals surface area contributed by atoms with Crippen LogP contribution in [0.15, 0.2) is 41.5 Å². The van der Waals surface area contributed by atoms with Gasteiger partial charge in [0.2, 0.25) is 0 Å². The molecular formula is C16H9ClN4O4. The van der Waals surface area contributed by atoms with Gasteiger partial charge in [0.05, 0.1) is 21.7 Å². The number of aromatic amines is 1. The Kier molecular flexibility index (Phi) is 3.22. The van der Waals surface area contributed by atoms with E-state index in [1.54, 1.807) is 35.2 Å². The van der Waals surface area contributed by atoms with Crippen molar-refractivity contribution in [2.45, 2.75) is 0 Å². The van der Waals surface area contributed by atoms with Crippen molar-refractivity contribution in [3.63, 3.8) is 0 Å². The van der Waals surface area contributed by atoms with Crippen molar-refractivity contribution >= 4 is 40.3 Å². The van der Waals surface area contributed by atoms with Crippen LogP contribution >= 0.6 is 11.6 Å². The van der Waals surface area contributed by atoms with Crippen molar-refractivity contribution < 1.29 is 14.7 Å². The maximum absolute atomic E-state index is 12.1. The molecule has 8 nitrogen and oxygen atoms in total. The second-order valence-electron chi connectivity index (χ2n) is 5.38. The molecule has 0 unspecified atom stereocenters. The normalized spacial score (nSPS) is 11.2. The van der Waals surface area contributed by atoms with Gasteiger partial charge in [-0.25, -0.2) is 9.59 Å². The lowest BCUT2D eigenvalue weighted by Crippen LogP contribution is -2.17. The molecule has 3 aromatic heterocycles. The Morgan fingerprint density at radius 3 is 2.80 bits per heavy atom. The third-order valence-corrected chi connectivity index (χ3v) is 4.16. The van der Waals surface area contributed by atoms with Crippen LogP contribution in [0.5, 0.6) is 0 Å². The van der Waals surface area contributed by atoms with Crippen LogP contribution in [-0.2, 0) is 0 Å². The van der Waals surface area contributed by atoms with Gasteiger partial charge in [-0.3, -0.25) is 4.79 Å². The van der Waals surface area contributed by atoms with E-state index >= 15 is 0 Å². The summed E-state index contributed by atoms with van der Waals surface area (Å²) in [6.07, 6.45) is 4.01. The van der Waals surface area contributed by atoms with Gasteiger partial charge in [-0.1, -0.05) is 11.6 Å². The summed E-state index contributed by atoms with van der Waals surface area (Å²) >= 11 is 6.30. The molecule has 0 bridgehead atoms. The quantitative estimate of drug-likeness (QED) is 0.546. The molecule has 0 aliphatic rings. The number of halogens is 1. The zero-order chi connectivity index (χ0) is 17.7. The SMILES string of the molecule is O=Cc1ccn(-c2cc3c(cc2Cl)[nH]c(=O)n2nc(C(=O)O)cc32)c1. The summed E-state index contributed by atoms with van der Waals surface area (Å²) < 4.78 is 2.66. The highest BCUT2D eigenvalue weighted by Crippen LogP contribution is 2.28. The van der Waals surface area contributed by atoms with Crippen molar-refractivity contribution in [2.75, 3.05) is 0 Å². The molecule has 0 aliphatic heterocycles. The van der Waals surface area contributed by atoms with Gasteiger partial charge in [0.25, 0.3) is 0 Å². The number of aromatic nitrogens is 4. The fraction of sp³-hybridized carbons (Fsp3) is 0. The van der Waals surface area contributed by atoms with E-state index in [1.165, 1.54) is 6.07 Å². The summed E-state index contributed by atoms with van der Waals surface area (Å²) in [7, 11) is 0. The van der Waals surface area contributed by atoms with E-state index in [-0.39, 0.29) is 5.69 Å². The van der Waals surface area contributed by atoms with Crippen LogP contribution < -0.4 is 5.69 Å². The Bertz CT molecular complexity index is 1230. The monoisotopic (exact) mass is 356 g/mol. The lowest BCUT2D eigenvalue weighted by Gasteiger charge is -2.09. The number of hydrogen-bond acceptors (Lipinski definition) is 4. The Balaban J connectivity index is 2.07. The molecule has 25 heavy (non-hydrogen) atoms. The number of carbonyl (C=O) groups is 2. The molecule has 0 atom stereocenters. The molecule has 0 saturated carbocycles.